The molecule has 6 heteroatoms. The first-order valence-electron chi connectivity index (χ1n) is 9.33. The lowest BCUT2D eigenvalue weighted by Crippen LogP contribution is -2.49. The van der Waals surface area contributed by atoms with Gasteiger partial charge in [0.2, 0.25) is 5.91 Å². The molecule has 2 atom stereocenters. The Morgan fingerprint density at radius 1 is 1.19 bits per heavy atom. The van der Waals surface area contributed by atoms with Crippen molar-refractivity contribution in [1.82, 2.24) is 10.2 Å². The summed E-state index contributed by atoms with van der Waals surface area (Å²) in [4.78, 5) is 38.3. The molecule has 140 valence electrons. The molecule has 1 aromatic carbocycles. The molecule has 1 aliphatic carbocycles. The normalized spacial score (nSPS) is 21.1. The minimum absolute atomic E-state index is 0.0738. The van der Waals surface area contributed by atoms with Crippen LogP contribution in [0.25, 0.3) is 0 Å². The van der Waals surface area contributed by atoms with Crippen LogP contribution in [0.2, 0.25) is 0 Å². The van der Waals surface area contributed by atoms with Crippen molar-refractivity contribution in [2.24, 2.45) is 11.8 Å². The van der Waals surface area contributed by atoms with Crippen LogP contribution in [0.5, 0.6) is 0 Å². The molecule has 1 heterocycles. The van der Waals surface area contributed by atoms with Crippen molar-refractivity contribution in [3.8, 4) is 0 Å². The van der Waals surface area contributed by atoms with Crippen molar-refractivity contribution >= 4 is 17.8 Å². The SMILES string of the molecule is Cc1ccc(C(=O)N2CCCC(C(=O)NC(CC3CC3)C(=O)O)C2)cc1. The summed E-state index contributed by atoms with van der Waals surface area (Å²) >= 11 is 0. The van der Waals surface area contributed by atoms with E-state index < -0.39 is 12.0 Å². The van der Waals surface area contributed by atoms with Crippen molar-refractivity contribution in [1.29, 1.82) is 0 Å². The standard InChI is InChI=1S/C20H26N2O4/c1-13-4-8-15(9-5-13)19(24)22-10-2-3-16(12-22)18(23)21-17(20(25)26)11-14-6-7-14/h4-5,8-9,14,16-17H,2-3,6-7,10-12H2,1H3,(H,21,23)(H,25,26). The van der Waals surface area contributed by atoms with Gasteiger partial charge in [0.05, 0.1) is 5.92 Å². The fraction of sp³-hybridized carbons (Fsp3) is 0.550. The van der Waals surface area contributed by atoms with E-state index in [1.807, 2.05) is 19.1 Å². The first-order chi connectivity index (χ1) is 12.4. The molecular formula is C20H26N2O4. The molecule has 0 spiro atoms. The summed E-state index contributed by atoms with van der Waals surface area (Å²) in [6.45, 7) is 2.94. The van der Waals surface area contributed by atoms with Crippen LogP contribution in [0.15, 0.2) is 24.3 Å². The molecule has 1 aromatic rings. The second kappa shape index (κ2) is 7.89. The Morgan fingerprint density at radius 3 is 2.50 bits per heavy atom. The highest BCUT2D eigenvalue weighted by molar-refractivity contribution is 5.95. The van der Waals surface area contributed by atoms with Gasteiger partial charge in [0.15, 0.2) is 0 Å². The number of likely N-dealkylation sites (tertiary alicyclic amines) is 1. The molecule has 2 amide bonds. The molecule has 2 N–H and O–H groups in total. The molecule has 3 rings (SSSR count). The topological polar surface area (TPSA) is 86.7 Å². The highest BCUT2D eigenvalue weighted by atomic mass is 16.4. The number of carbonyl (C=O) groups excluding carboxylic acids is 2. The Hall–Kier alpha value is -2.37. The van der Waals surface area contributed by atoms with Crippen LogP contribution in [0, 0.1) is 18.8 Å². The summed E-state index contributed by atoms with van der Waals surface area (Å²) < 4.78 is 0. The van der Waals surface area contributed by atoms with Crippen LogP contribution < -0.4 is 5.32 Å². The molecule has 2 aliphatic rings. The Bertz CT molecular complexity index is 682. The number of amides is 2. The average Bonchev–Trinajstić information content (AvgIpc) is 3.45. The van der Waals surface area contributed by atoms with Gasteiger partial charge in [-0.1, -0.05) is 30.5 Å². The number of nitrogens with one attached hydrogen (secondary N) is 1. The number of rotatable bonds is 6. The summed E-state index contributed by atoms with van der Waals surface area (Å²) in [5.41, 5.74) is 1.71. The number of carboxylic acid groups (broad SMARTS) is 1. The Balaban J connectivity index is 1.59. The van der Waals surface area contributed by atoms with Gasteiger partial charge in [-0.05, 0) is 44.2 Å². The van der Waals surface area contributed by atoms with Gasteiger partial charge in [-0.15, -0.1) is 0 Å². The second-order valence-corrected chi connectivity index (χ2v) is 7.53. The van der Waals surface area contributed by atoms with Crippen molar-refractivity contribution in [2.75, 3.05) is 13.1 Å². The first kappa shape index (κ1) is 18.4. The highest BCUT2D eigenvalue weighted by Crippen LogP contribution is 2.33. The van der Waals surface area contributed by atoms with E-state index in [-0.39, 0.29) is 17.7 Å². The zero-order valence-electron chi connectivity index (χ0n) is 15.1. The molecule has 1 saturated heterocycles. The summed E-state index contributed by atoms with van der Waals surface area (Å²) in [5, 5.41) is 12.0. The van der Waals surface area contributed by atoms with Gasteiger partial charge in [-0.3, -0.25) is 9.59 Å². The van der Waals surface area contributed by atoms with Crippen molar-refractivity contribution in [3.05, 3.63) is 35.4 Å². The average molecular weight is 358 g/mol. The largest absolute Gasteiger partial charge is 0.480 e. The van der Waals surface area contributed by atoms with Gasteiger partial charge in [0.25, 0.3) is 5.91 Å². The summed E-state index contributed by atoms with van der Waals surface area (Å²) in [7, 11) is 0. The van der Waals surface area contributed by atoms with Gasteiger partial charge in [0, 0.05) is 18.7 Å². The van der Waals surface area contributed by atoms with E-state index in [0.29, 0.717) is 37.4 Å². The predicted molar refractivity (Wildman–Crippen MR) is 96.7 cm³/mol. The Labute approximate surface area is 153 Å². The molecule has 1 saturated carbocycles. The van der Waals surface area contributed by atoms with Gasteiger partial charge in [0.1, 0.15) is 6.04 Å². The van der Waals surface area contributed by atoms with Gasteiger partial charge in [-0.25, -0.2) is 4.79 Å². The fourth-order valence-electron chi connectivity index (χ4n) is 3.45. The third kappa shape index (κ3) is 4.62. The van der Waals surface area contributed by atoms with Crippen LogP contribution in [-0.2, 0) is 9.59 Å². The van der Waals surface area contributed by atoms with E-state index >= 15 is 0 Å². The number of aryl methyl sites for hydroxylation is 1. The number of carbonyl (C=O) groups is 3. The zero-order valence-corrected chi connectivity index (χ0v) is 15.1. The van der Waals surface area contributed by atoms with Crippen LogP contribution >= 0.6 is 0 Å². The third-order valence-electron chi connectivity index (χ3n) is 5.26. The van der Waals surface area contributed by atoms with E-state index in [9.17, 15) is 19.5 Å². The number of piperidine rings is 1. The van der Waals surface area contributed by atoms with E-state index in [1.165, 1.54) is 0 Å². The fourth-order valence-corrected chi connectivity index (χ4v) is 3.45. The smallest absolute Gasteiger partial charge is 0.326 e. The molecule has 26 heavy (non-hydrogen) atoms. The van der Waals surface area contributed by atoms with Gasteiger partial charge >= 0.3 is 5.97 Å². The monoisotopic (exact) mass is 358 g/mol. The highest BCUT2D eigenvalue weighted by Gasteiger charge is 2.34. The van der Waals surface area contributed by atoms with Crippen LogP contribution in [0.1, 0.15) is 48.0 Å². The maximum Gasteiger partial charge on any atom is 0.326 e. The molecule has 0 radical (unpaired) electrons. The number of hydrogen-bond donors (Lipinski definition) is 2. The zero-order chi connectivity index (χ0) is 18.7. The van der Waals surface area contributed by atoms with E-state index in [0.717, 1.165) is 24.8 Å². The molecular weight excluding hydrogens is 332 g/mol. The second-order valence-electron chi connectivity index (χ2n) is 7.53. The van der Waals surface area contributed by atoms with Crippen molar-refractivity contribution in [2.45, 2.75) is 45.1 Å². The van der Waals surface area contributed by atoms with Crippen LogP contribution in [0.4, 0.5) is 0 Å². The number of aliphatic carboxylic acids is 1. The molecule has 6 nitrogen and oxygen atoms in total. The lowest BCUT2D eigenvalue weighted by molar-refractivity contribution is -0.143. The summed E-state index contributed by atoms with van der Waals surface area (Å²) in [6, 6.07) is 6.58. The first-order valence-corrected chi connectivity index (χ1v) is 9.33. The number of hydrogen-bond acceptors (Lipinski definition) is 3. The quantitative estimate of drug-likeness (QED) is 0.816. The van der Waals surface area contributed by atoms with Crippen molar-refractivity contribution in [3.63, 3.8) is 0 Å². The van der Waals surface area contributed by atoms with Crippen molar-refractivity contribution < 1.29 is 19.5 Å². The van der Waals surface area contributed by atoms with E-state index in [4.69, 9.17) is 0 Å². The minimum Gasteiger partial charge on any atom is -0.480 e. The summed E-state index contributed by atoms with van der Waals surface area (Å²) in [6.07, 6.45) is 4.01. The van der Waals surface area contributed by atoms with Gasteiger partial charge < -0.3 is 15.3 Å². The van der Waals surface area contributed by atoms with E-state index in [1.54, 1.807) is 17.0 Å². The molecule has 2 unspecified atom stereocenters. The molecule has 1 aliphatic heterocycles. The third-order valence-corrected chi connectivity index (χ3v) is 5.26. The maximum absolute atomic E-state index is 12.7. The Kier molecular flexibility index (Phi) is 5.59. The number of carboxylic acids is 1. The lowest BCUT2D eigenvalue weighted by Gasteiger charge is -2.32. The molecule has 0 aromatic heterocycles. The number of benzene rings is 1. The molecule has 2 fully saturated rings. The maximum atomic E-state index is 12.7. The van der Waals surface area contributed by atoms with Gasteiger partial charge in [-0.2, -0.15) is 0 Å². The lowest BCUT2D eigenvalue weighted by atomic mass is 9.95. The van der Waals surface area contributed by atoms with E-state index in [2.05, 4.69) is 5.32 Å². The van der Waals surface area contributed by atoms with Crippen LogP contribution in [-0.4, -0.2) is 46.9 Å². The van der Waals surface area contributed by atoms with Crippen LogP contribution in [0.3, 0.4) is 0 Å². The number of nitrogens with zero attached hydrogens (tertiary/aromatic N) is 1. The minimum atomic E-state index is -0.978. The predicted octanol–water partition coefficient (Wildman–Crippen LogP) is 2.22. The molecule has 0 bridgehead atoms. The Morgan fingerprint density at radius 2 is 1.88 bits per heavy atom. The summed E-state index contributed by atoms with van der Waals surface area (Å²) in [5.74, 6) is -1.23.